The Morgan fingerprint density at radius 2 is 1.87 bits per heavy atom. The van der Waals surface area contributed by atoms with Crippen molar-refractivity contribution in [2.45, 2.75) is 51.1 Å². The Bertz CT molecular complexity index is 961. The van der Waals surface area contributed by atoms with E-state index in [1.165, 1.54) is 12.8 Å². The van der Waals surface area contributed by atoms with Gasteiger partial charge in [-0.25, -0.2) is 0 Å². The zero-order chi connectivity index (χ0) is 20.8. The Morgan fingerprint density at radius 3 is 2.57 bits per heavy atom. The first-order valence-electron chi connectivity index (χ1n) is 10.6. The average Bonchev–Trinajstić information content (AvgIpc) is 3.47. The molecule has 30 heavy (non-hydrogen) atoms. The van der Waals surface area contributed by atoms with Crippen molar-refractivity contribution in [3.63, 3.8) is 0 Å². The molecule has 0 radical (unpaired) electrons. The molecule has 1 saturated carbocycles. The van der Waals surface area contributed by atoms with Crippen molar-refractivity contribution in [2.24, 2.45) is 0 Å². The Labute approximate surface area is 177 Å². The third-order valence-corrected chi connectivity index (χ3v) is 5.70. The van der Waals surface area contributed by atoms with Crippen molar-refractivity contribution < 1.29 is 9.53 Å². The van der Waals surface area contributed by atoms with Gasteiger partial charge < -0.3 is 10.1 Å². The van der Waals surface area contributed by atoms with E-state index >= 15 is 0 Å². The lowest BCUT2D eigenvalue weighted by Gasteiger charge is -2.14. The summed E-state index contributed by atoms with van der Waals surface area (Å²) in [4.78, 5) is 16.5. The quantitative estimate of drug-likeness (QED) is 0.607. The minimum absolute atomic E-state index is 0.0340. The number of aromatic nitrogens is 3. The summed E-state index contributed by atoms with van der Waals surface area (Å²) in [6.45, 7) is 0.444. The average molecular weight is 405 g/mol. The molecular weight excluding hydrogens is 376 g/mol. The number of hydrogen-bond acceptors (Lipinski definition) is 4. The van der Waals surface area contributed by atoms with Crippen molar-refractivity contribution in [3.8, 4) is 17.0 Å². The van der Waals surface area contributed by atoms with E-state index in [0.29, 0.717) is 25.4 Å². The second-order valence-electron chi connectivity index (χ2n) is 7.76. The molecule has 0 unspecified atom stereocenters. The van der Waals surface area contributed by atoms with Gasteiger partial charge in [-0.3, -0.25) is 14.5 Å². The molecule has 3 aromatic rings. The number of benzene rings is 1. The van der Waals surface area contributed by atoms with E-state index in [1.54, 1.807) is 7.11 Å². The van der Waals surface area contributed by atoms with Gasteiger partial charge in [-0.05, 0) is 55.2 Å². The smallest absolute Gasteiger partial charge is 0.220 e. The molecule has 1 N–H and O–H groups in total. The molecule has 2 aromatic heterocycles. The summed E-state index contributed by atoms with van der Waals surface area (Å²) in [7, 11) is 1.65. The number of nitrogens with zero attached hydrogens (tertiary/aromatic N) is 3. The predicted molar refractivity (Wildman–Crippen MR) is 116 cm³/mol. The number of aryl methyl sites for hydroxylation is 1. The summed E-state index contributed by atoms with van der Waals surface area (Å²) in [6.07, 6.45) is 9.59. The number of amides is 1. The lowest BCUT2D eigenvalue weighted by molar-refractivity contribution is -0.121. The van der Waals surface area contributed by atoms with Gasteiger partial charge in [0.25, 0.3) is 0 Å². The molecule has 1 amide bonds. The molecule has 0 atom stereocenters. The van der Waals surface area contributed by atoms with Crippen LogP contribution in [0.2, 0.25) is 0 Å². The molecule has 6 heteroatoms. The first-order chi connectivity index (χ1) is 14.7. The number of carbonyl (C=O) groups is 1. The standard InChI is InChI=1S/C24H28N4O2/c1-30-22-9-6-18(7-10-22)8-11-24(29)26-17-20-16-23(19-12-14-25-15-13-19)28(27-20)21-4-2-3-5-21/h6-7,9-10,12-16,21H,2-5,8,11,17H2,1H3,(H,26,29). The maximum Gasteiger partial charge on any atom is 0.220 e. The summed E-state index contributed by atoms with van der Waals surface area (Å²) < 4.78 is 7.32. The predicted octanol–water partition coefficient (Wildman–Crippen LogP) is 4.32. The van der Waals surface area contributed by atoms with Crippen molar-refractivity contribution in [2.75, 3.05) is 7.11 Å². The van der Waals surface area contributed by atoms with Crippen LogP contribution in [0.1, 0.15) is 49.4 Å². The van der Waals surface area contributed by atoms with E-state index in [4.69, 9.17) is 9.84 Å². The lowest BCUT2D eigenvalue weighted by atomic mass is 10.1. The van der Waals surface area contributed by atoms with Crippen LogP contribution in [0.3, 0.4) is 0 Å². The van der Waals surface area contributed by atoms with Crippen molar-refractivity contribution in [1.29, 1.82) is 0 Å². The topological polar surface area (TPSA) is 69.0 Å². The number of hydrogen-bond donors (Lipinski definition) is 1. The Kier molecular flexibility index (Phi) is 6.42. The fraction of sp³-hybridized carbons (Fsp3) is 0.375. The van der Waals surface area contributed by atoms with Gasteiger partial charge in [0.2, 0.25) is 5.91 Å². The summed E-state index contributed by atoms with van der Waals surface area (Å²) in [6, 6.07) is 14.4. The molecule has 2 heterocycles. The number of ether oxygens (including phenoxy) is 1. The summed E-state index contributed by atoms with van der Waals surface area (Å²) in [5.41, 5.74) is 4.23. The summed E-state index contributed by atoms with van der Waals surface area (Å²) >= 11 is 0. The second kappa shape index (κ2) is 9.57. The molecule has 4 rings (SSSR count). The van der Waals surface area contributed by atoms with E-state index in [1.807, 2.05) is 48.8 Å². The van der Waals surface area contributed by atoms with Crippen LogP contribution in [0.15, 0.2) is 54.9 Å². The molecule has 1 fully saturated rings. The van der Waals surface area contributed by atoms with Gasteiger partial charge in [-0.2, -0.15) is 5.10 Å². The highest BCUT2D eigenvalue weighted by Gasteiger charge is 2.22. The molecule has 1 aromatic carbocycles. The van der Waals surface area contributed by atoms with E-state index in [0.717, 1.165) is 41.1 Å². The first kappa shape index (κ1) is 20.1. The fourth-order valence-electron chi connectivity index (χ4n) is 4.02. The van der Waals surface area contributed by atoms with Crippen molar-refractivity contribution >= 4 is 5.91 Å². The summed E-state index contributed by atoms with van der Waals surface area (Å²) in [5, 5.41) is 7.87. The highest BCUT2D eigenvalue weighted by atomic mass is 16.5. The minimum atomic E-state index is 0.0340. The van der Waals surface area contributed by atoms with Crippen LogP contribution in [-0.4, -0.2) is 27.8 Å². The van der Waals surface area contributed by atoms with Gasteiger partial charge in [0.05, 0.1) is 31.1 Å². The van der Waals surface area contributed by atoms with Gasteiger partial charge in [0.15, 0.2) is 0 Å². The van der Waals surface area contributed by atoms with Gasteiger partial charge in [0.1, 0.15) is 5.75 Å². The van der Waals surface area contributed by atoms with E-state index in [2.05, 4.69) is 21.0 Å². The van der Waals surface area contributed by atoms with Gasteiger partial charge in [0, 0.05) is 24.4 Å². The number of rotatable bonds is 8. The van der Waals surface area contributed by atoms with E-state index in [9.17, 15) is 4.79 Å². The molecule has 0 saturated heterocycles. The molecule has 0 bridgehead atoms. The molecule has 1 aliphatic carbocycles. The third kappa shape index (κ3) is 4.87. The molecule has 0 spiro atoms. The Morgan fingerprint density at radius 1 is 1.13 bits per heavy atom. The number of methoxy groups -OCH3 is 1. The van der Waals surface area contributed by atoms with Gasteiger partial charge >= 0.3 is 0 Å². The zero-order valence-electron chi connectivity index (χ0n) is 17.4. The second-order valence-corrected chi connectivity index (χ2v) is 7.76. The molecule has 156 valence electrons. The van der Waals surface area contributed by atoms with E-state index in [-0.39, 0.29) is 5.91 Å². The van der Waals surface area contributed by atoms with Crippen LogP contribution < -0.4 is 10.1 Å². The zero-order valence-corrected chi connectivity index (χ0v) is 17.4. The molecule has 0 aliphatic heterocycles. The van der Waals surface area contributed by atoms with Crippen LogP contribution in [0.5, 0.6) is 5.75 Å². The minimum Gasteiger partial charge on any atom is -0.497 e. The van der Waals surface area contributed by atoms with Crippen LogP contribution in [0.4, 0.5) is 0 Å². The largest absolute Gasteiger partial charge is 0.497 e. The number of carbonyl (C=O) groups excluding carboxylic acids is 1. The van der Waals surface area contributed by atoms with Crippen molar-refractivity contribution in [3.05, 3.63) is 66.1 Å². The Balaban J connectivity index is 1.38. The highest BCUT2D eigenvalue weighted by molar-refractivity contribution is 5.76. The maximum absolute atomic E-state index is 12.4. The van der Waals surface area contributed by atoms with Crippen LogP contribution in [-0.2, 0) is 17.8 Å². The number of nitrogens with one attached hydrogen (secondary N) is 1. The normalized spacial score (nSPS) is 14.0. The summed E-state index contributed by atoms with van der Waals surface area (Å²) in [5.74, 6) is 0.859. The van der Waals surface area contributed by atoms with Gasteiger partial charge in [-0.1, -0.05) is 25.0 Å². The fourth-order valence-corrected chi connectivity index (χ4v) is 4.02. The lowest BCUT2D eigenvalue weighted by Crippen LogP contribution is -2.23. The number of pyridine rings is 1. The Hall–Kier alpha value is -3.15. The monoisotopic (exact) mass is 404 g/mol. The van der Waals surface area contributed by atoms with E-state index < -0.39 is 0 Å². The SMILES string of the molecule is COc1ccc(CCC(=O)NCc2cc(-c3ccncc3)n(C3CCCC3)n2)cc1. The van der Waals surface area contributed by atoms with Gasteiger partial charge in [-0.15, -0.1) is 0 Å². The van der Waals surface area contributed by atoms with Crippen molar-refractivity contribution in [1.82, 2.24) is 20.1 Å². The highest BCUT2D eigenvalue weighted by Crippen LogP contribution is 2.33. The molecular formula is C24H28N4O2. The van der Waals surface area contributed by atoms with Crippen LogP contribution >= 0.6 is 0 Å². The third-order valence-electron chi connectivity index (χ3n) is 5.70. The van der Waals surface area contributed by atoms with Crippen LogP contribution in [0.25, 0.3) is 11.3 Å². The maximum atomic E-state index is 12.4. The van der Waals surface area contributed by atoms with Crippen LogP contribution in [0, 0.1) is 0 Å². The molecule has 6 nitrogen and oxygen atoms in total. The first-order valence-corrected chi connectivity index (χ1v) is 10.6. The molecule has 1 aliphatic rings.